The summed E-state index contributed by atoms with van der Waals surface area (Å²) in [6.07, 6.45) is 0.818. The zero-order chi connectivity index (χ0) is 8.69. The highest BCUT2D eigenvalue weighted by molar-refractivity contribution is 7.80. The van der Waals surface area contributed by atoms with Crippen molar-refractivity contribution in [1.29, 1.82) is 0 Å². The average Bonchev–Trinajstić information content (AvgIpc) is 2.03. The number of rotatable bonds is 4. The number of thiocarbonyl (C=S) groups is 1. The van der Waals surface area contributed by atoms with Gasteiger partial charge in [0.25, 0.3) is 0 Å². The maximum atomic E-state index is 5.27. The van der Waals surface area contributed by atoms with Gasteiger partial charge in [0.1, 0.15) is 6.23 Å². The molecule has 1 atom stereocenters. The van der Waals surface area contributed by atoms with E-state index in [9.17, 15) is 0 Å². The summed E-state index contributed by atoms with van der Waals surface area (Å²) in [7, 11) is 0. The van der Waals surface area contributed by atoms with E-state index >= 15 is 0 Å². The molecule has 0 aromatic carbocycles. The smallest absolute Gasteiger partial charge is 0.182 e. The maximum Gasteiger partial charge on any atom is 0.182 e. The van der Waals surface area contributed by atoms with Crippen LogP contribution in [0.15, 0.2) is 0 Å². The van der Waals surface area contributed by atoms with Crippen molar-refractivity contribution in [3.05, 3.63) is 0 Å². The fourth-order valence-electron chi connectivity index (χ4n) is 0.651. The third kappa shape index (κ3) is 4.94. The summed E-state index contributed by atoms with van der Waals surface area (Å²) in [5.74, 6) is 5.06. The molecular formula is C6H15N3OS. The van der Waals surface area contributed by atoms with E-state index in [1.807, 2.05) is 13.8 Å². The van der Waals surface area contributed by atoms with Crippen molar-refractivity contribution >= 4 is 17.3 Å². The predicted octanol–water partition coefficient (Wildman–Crippen LogP) is 0.0968. The minimum absolute atomic E-state index is 0.0384. The van der Waals surface area contributed by atoms with Crippen LogP contribution in [0.3, 0.4) is 0 Å². The molecule has 4 nitrogen and oxygen atoms in total. The monoisotopic (exact) mass is 177 g/mol. The molecule has 0 aliphatic rings. The summed E-state index contributed by atoms with van der Waals surface area (Å²) in [5, 5.41) is 3.30. The third-order valence-electron chi connectivity index (χ3n) is 1.16. The van der Waals surface area contributed by atoms with Crippen LogP contribution >= 0.6 is 12.2 Å². The fourth-order valence-corrected chi connectivity index (χ4v) is 0.782. The number of nitrogens with two attached hydrogens (primary N) is 1. The predicted molar refractivity (Wildman–Crippen MR) is 48.8 cm³/mol. The Bertz CT molecular complexity index is 120. The molecule has 4 N–H and O–H groups in total. The second-order valence-electron chi connectivity index (χ2n) is 1.97. The molecule has 0 amide bonds. The largest absolute Gasteiger partial charge is 0.359 e. The molecular weight excluding hydrogens is 162 g/mol. The molecule has 0 heterocycles. The Kier molecular flexibility index (Phi) is 6.10. The summed E-state index contributed by atoms with van der Waals surface area (Å²) in [6.45, 7) is 4.61. The summed E-state index contributed by atoms with van der Waals surface area (Å²) < 4.78 is 5.27. The maximum absolute atomic E-state index is 5.27. The van der Waals surface area contributed by atoms with Crippen molar-refractivity contribution in [3.63, 3.8) is 0 Å². The molecule has 0 fully saturated rings. The zero-order valence-corrected chi connectivity index (χ0v) is 7.70. The molecule has 66 valence electrons. The highest BCUT2D eigenvalue weighted by Gasteiger charge is 2.04. The molecule has 1 unspecified atom stereocenters. The fraction of sp³-hybridized carbons (Fsp3) is 0.833. The van der Waals surface area contributed by atoms with Gasteiger partial charge < -0.3 is 15.5 Å². The van der Waals surface area contributed by atoms with Crippen LogP contribution in [0.2, 0.25) is 0 Å². The molecule has 0 spiro atoms. The first-order valence-corrected chi connectivity index (χ1v) is 4.04. The molecule has 0 saturated heterocycles. The lowest BCUT2D eigenvalue weighted by Gasteiger charge is -2.17. The number of hydrogen-bond donors (Lipinski definition) is 3. The Hall–Kier alpha value is -0.390. The Morgan fingerprint density at radius 1 is 1.64 bits per heavy atom. The van der Waals surface area contributed by atoms with Crippen molar-refractivity contribution in [2.24, 2.45) is 5.84 Å². The van der Waals surface area contributed by atoms with Crippen molar-refractivity contribution in [1.82, 2.24) is 10.7 Å². The van der Waals surface area contributed by atoms with Gasteiger partial charge in [0.05, 0.1) is 0 Å². The average molecular weight is 177 g/mol. The summed E-state index contributed by atoms with van der Waals surface area (Å²) in [6, 6.07) is 0. The second-order valence-corrected chi connectivity index (χ2v) is 2.38. The van der Waals surface area contributed by atoms with E-state index in [1.54, 1.807) is 0 Å². The lowest BCUT2D eigenvalue weighted by molar-refractivity contribution is 0.0498. The lowest BCUT2D eigenvalue weighted by atomic mass is 10.4. The molecule has 0 aliphatic heterocycles. The first-order valence-electron chi connectivity index (χ1n) is 3.63. The topological polar surface area (TPSA) is 59.3 Å². The summed E-state index contributed by atoms with van der Waals surface area (Å²) in [4.78, 5) is 0. The van der Waals surface area contributed by atoms with Gasteiger partial charge in [-0.1, -0.05) is 6.92 Å². The van der Waals surface area contributed by atoms with E-state index in [4.69, 9.17) is 22.8 Å². The third-order valence-corrected chi connectivity index (χ3v) is 1.40. The number of nitrogens with one attached hydrogen (secondary N) is 2. The minimum atomic E-state index is -0.0384. The molecule has 0 rings (SSSR count). The highest BCUT2D eigenvalue weighted by Crippen LogP contribution is 1.92. The van der Waals surface area contributed by atoms with Gasteiger partial charge >= 0.3 is 0 Å². The van der Waals surface area contributed by atoms with Crippen LogP contribution in [0.4, 0.5) is 0 Å². The molecule has 11 heavy (non-hydrogen) atoms. The van der Waals surface area contributed by atoms with E-state index < -0.39 is 0 Å². The van der Waals surface area contributed by atoms with Crippen LogP contribution in [0.1, 0.15) is 20.3 Å². The van der Waals surface area contributed by atoms with Crippen LogP contribution in [0.25, 0.3) is 0 Å². The highest BCUT2D eigenvalue weighted by atomic mass is 32.1. The quantitative estimate of drug-likeness (QED) is 0.246. The van der Waals surface area contributed by atoms with Crippen LogP contribution in [0.5, 0.6) is 0 Å². The van der Waals surface area contributed by atoms with Crippen molar-refractivity contribution < 1.29 is 4.74 Å². The van der Waals surface area contributed by atoms with Crippen LogP contribution in [0, 0.1) is 0 Å². The molecule has 0 aliphatic carbocycles. The summed E-state index contributed by atoms with van der Waals surface area (Å²) in [5.41, 5.74) is 2.33. The number of hydrogen-bond acceptors (Lipinski definition) is 3. The molecule has 0 bridgehead atoms. The summed E-state index contributed by atoms with van der Waals surface area (Å²) >= 11 is 4.78. The van der Waals surface area contributed by atoms with Crippen molar-refractivity contribution in [3.8, 4) is 0 Å². The Morgan fingerprint density at radius 3 is 2.64 bits per heavy atom. The Balaban J connectivity index is 3.58. The first-order chi connectivity index (χ1) is 5.24. The van der Waals surface area contributed by atoms with E-state index in [0.29, 0.717) is 11.7 Å². The van der Waals surface area contributed by atoms with E-state index in [2.05, 4.69) is 10.7 Å². The van der Waals surface area contributed by atoms with Gasteiger partial charge in [-0.05, 0) is 25.6 Å². The molecule has 0 radical (unpaired) electrons. The van der Waals surface area contributed by atoms with Gasteiger partial charge in [0.2, 0.25) is 0 Å². The molecule has 0 saturated carbocycles. The number of ether oxygens (including phenoxy) is 1. The number of hydrazine groups is 1. The normalized spacial score (nSPS) is 12.3. The van der Waals surface area contributed by atoms with Gasteiger partial charge in [0.15, 0.2) is 5.11 Å². The van der Waals surface area contributed by atoms with E-state index in [0.717, 1.165) is 6.42 Å². The van der Waals surface area contributed by atoms with Gasteiger partial charge in [-0.25, -0.2) is 5.84 Å². The molecule has 5 heteroatoms. The standard InChI is InChI=1S/C6H15N3OS/c1-3-5(10-4-2)8-6(11)9-7/h5H,3-4,7H2,1-2H3,(H2,8,9,11). The van der Waals surface area contributed by atoms with E-state index in [1.165, 1.54) is 0 Å². The Labute approximate surface area is 72.4 Å². The molecule has 0 aromatic heterocycles. The minimum Gasteiger partial charge on any atom is -0.359 e. The van der Waals surface area contributed by atoms with Gasteiger partial charge in [0, 0.05) is 6.61 Å². The van der Waals surface area contributed by atoms with E-state index in [-0.39, 0.29) is 6.23 Å². The van der Waals surface area contributed by atoms with Crippen LogP contribution in [-0.2, 0) is 4.74 Å². The SMILES string of the molecule is CCOC(CC)NC(=S)NN. The van der Waals surface area contributed by atoms with Gasteiger partial charge in [-0.2, -0.15) is 0 Å². The second kappa shape index (κ2) is 6.33. The van der Waals surface area contributed by atoms with Gasteiger partial charge in [-0.3, -0.25) is 0 Å². The van der Waals surface area contributed by atoms with Crippen LogP contribution in [-0.4, -0.2) is 17.9 Å². The van der Waals surface area contributed by atoms with Crippen LogP contribution < -0.4 is 16.6 Å². The Morgan fingerprint density at radius 2 is 2.27 bits per heavy atom. The van der Waals surface area contributed by atoms with Gasteiger partial charge in [-0.15, -0.1) is 0 Å². The van der Waals surface area contributed by atoms with Crippen molar-refractivity contribution in [2.45, 2.75) is 26.5 Å². The first kappa shape index (κ1) is 10.6. The van der Waals surface area contributed by atoms with Crippen molar-refractivity contribution in [2.75, 3.05) is 6.61 Å². The zero-order valence-electron chi connectivity index (χ0n) is 6.89. The molecule has 0 aromatic rings. The lowest BCUT2D eigenvalue weighted by Crippen LogP contribution is -2.45.